The molecule has 0 spiro atoms. The zero-order valence-electron chi connectivity index (χ0n) is 29.7. The van der Waals surface area contributed by atoms with Gasteiger partial charge in [0.15, 0.2) is 17.5 Å². The second-order valence-electron chi connectivity index (χ2n) is 14.6. The Morgan fingerprint density at radius 2 is 1.05 bits per heavy atom. The molecular weight excluding hydrogens is 685 g/mol. The van der Waals surface area contributed by atoms with Gasteiger partial charge in [0.05, 0.1) is 11.7 Å². The largest absolute Gasteiger partial charge is 0.316 e. The van der Waals surface area contributed by atoms with Gasteiger partial charge in [0, 0.05) is 38.9 Å². The number of aliphatic imine (C=N–C) groups is 1. The summed E-state index contributed by atoms with van der Waals surface area (Å²) in [5.41, 5.74) is 9.05. The molecule has 0 radical (unpaired) electrons. The number of anilines is 1. The van der Waals surface area contributed by atoms with E-state index < -0.39 is 11.5 Å². The maximum absolute atomic E-state index is 16.2. The number of hydrogen-bond donors (Lipinski definition) is 0. The summed E-state index contributed by atoms with van der Waals surface area (Å²) in [6, 6.07) is 44.6. The lowest BCUT2D eigenvalue weighted by molar-refractivity contribution is 0.0480. The molecule has 0 fully saturated rings. The summed E-state index contributed by atoms with van der Waals surface area (Å²) in [6.45, 7) is 2.17. The van der Waals surface area contributed by atoms with Crippen molar-refractivity contribution < 1.29 is 8.78 Å². The molecule has 2 aliphatic heterocycles. The standard InChI is InChI=1S/C48H31F2N5/c1-47-25-11-10-18-42(47)55-41-28-32(19-22-35(41)34-16-8-9-17-36(34)46(55)54-47)31-20-23-39-37(26-31)38-27-33(21-24-40(38)48(39,49)50)45-52-43(29-12-4-2-5-13-29)51-44(53-45)30-14-6-3-7-15-30/h2-28,42H,1H3. The van der Waals surface area contributed by atoms with Crippen LogP contribution in [0.3, 0.4) is 0 Å². The topological polar surface area (TPSA) is 54.3 Å². The van der Waals surface area contributed by atoms with E-state index in [4.69, 9.17) is 19.9 Å². The van der Waals surface area contributed by atoms with E-state index >= 15 is 8.78 Å². The molecule has 5 nitrogen and oxygen atoms in total. The number of allylic oxidation sites excluding steroid dienone is 2. The summed E-state index contributed by atoms with van der Waals surface area (Å²) in [6.07, 6.45) is 8.54. The molecule has 7 heteroatoms. The average molecular weight is 716 g/mol. The third kappa shape index (κ3) is 4.75. The van der Waals surface area contributed by atoms with Gasteiger partial charge in [-0.1, -0.05) is 146 Å². The van der Waals surface area contributed by atoms with Gasteiger partial charge in [-0.05, 0) is 52.9 Å². The number of fused-ring (bicyclic) bond motifs is 11. The van der Waals surface area contributed by atoms with Gasteiger partial charge in [-0.3, -0.25) is 4.99 Å². The van der Waals surface area contributed by atoms with Crippen molar-refractivity contribution in [2.24, 2.45) is 4.99 Å². The number of aromatic nitrogens is 3. The van der Waals surface area contributed by atoms with Crippen LogP contribution in [0.1, 0.15) is 23.6 Å². The van der Waals surface area contributed by atoms with E-state index in [2.05, 4.69) is 78.6 Å². The molecule has 55 heavy (non-hydrogen) atoms. The van der Waals surface area contributed by atoms with Crippen molar-refractivity contribution in [3.8, 4) is 67.5 Å². The Balaban J connectivity index is 1.04. The summed E-state index contributed by atoms with van der Waals surface area (Å²) < 4.78 is 32.4. The zero-order valence-corrected chi connectivity index (χ0v) is 29.7. The van der Waals surface area contributed by atoms with E-state index in [1.54, 1.807) is 18.2 Å². The maximum atomic E-state index is 16.2. The molecule has 0 N–H and O–H groups in total. The number of alkyl halides is 2. The molecule has 1 aromatic heterocycles. The third-order valence-corrected chi connectivity index (χ3v) is 11.3. The summed E-state index contributed by atoms with van der Waals surface area (Å²) in [4.78, 5) is 22.2. The highest BCUT2D eigenvalue weighted by atomic mass is 19.3. The second kappa shape index (κ2) is 11.6. The van der Waals surface area contributed by atoms with Gasteiger partial charge >= 0.3 is 0 Å². The molecule has 2 aliphatic carbocycles. The number of rotatable bonds is 4. The summed E-state index contributed by atoms with van der Waals surface area (Å²) in [5, 5.41) is 0. The van der Waals surface area contributed by atoms with E-state index in [0.717, 1.165) is 50.5 Å². The number of nitrogens with zero attached hydrogens (tertiary/aromatic N) is 5. The first-order chi connectivity index (χ1) is 26.9. The number of amidine groups is 1. The number of halogens is 2. The SMILES string of the molecule is CC12C=CC=CC1N1C(=N2)c2ccccc2-c2ccc(-c3ccc4c(c3)-c3cc(-c5nc(-c6ccccc6)nc(-c6ccccc6)n5)ccc3C4(F)F)cc21. The Bertz CT molecular complexity index is 2770. The third-order valence-electron chi connectivity index (χ3n) is 11.3. The van der Waals surface area contributed by atoms with Crippen LogP contribution in [0, 0.1) is 0 Å². The van der Waals surface area contributed by atoms with Crippen molar-refractivity contribution in [1.29, 1.82) is 0 Å². The molecule has 11 rings (SSSR count). The highest BCUT2D eigenvalue weighted by molar-refractivity contribution is 6.21. The van der Waals surface area contributed by atoms with Crippen molar-refractivity contribution in [2.45, 2.75) is 24.4 Å². The van der Waals surface area contributed by atoms with Crippen LogP contribution in [0.15, 0.2) is 169 Å². The minimum Gasteiger partial charge on any atom is -0.316 e. The van der Waals surface area contributed by atoms with E-state index in [0.29, 0.717) is 34.2 Å². The van der Waals surface area contributed by atoms with Gasteiger partial charge in [-0.15, -0.1) is 0 Å². The van der Waals surface area contributed by atoms with Crippen LogP contribution in [0.5, 0.6) is 0 Å². The summed E-state index contributed by atoms with van der Waals surface area (Å²) in [7, 11) is 0. The van der Waals surface area contributed by atoms with Crippen molar-refractivity contribution >= 4 is 11.5 Å². The Morgan fingerprint density at radius 1 is 0.509 bits per heavy atom. The van der Waals surface area contributed by atoms with Crippen LogP contribution in [-0.4, -0.2) is 32.4 Å². The molecule has 6 aromatic carbocycles. The van der Waals surface area contributed by atoms with Gasteiger partial charge in [0.1, 0.15) is 11.4 Å². The van der Waals surface area contributed by atoms with Gasteiger partial charge in [-0.25, -0.2) is 15.0 Å². The van der Waals surface area contributed by atoms with Crippen molar-refractivity contribution in [3.63, 3.8) is 0 Å². The quantitative estimate of drug-likeness (QED) is 0.182. The fourth-order valence-electron chi connectivity index (χ4n) is 8.57. The van der Waals surface area contributed by atoms with E-state index in [-0.39, 0.29) is 17.2 Å². The van der Waals surface area contributed by atoms with E-state index in [1.807, 2.05) is 72.8 Å². The van der Waals surface area contributed by atoms with Crippen LogP contribution >= 0.6 is 0 Å². The maximum Gasteiger partial charge on any atom is 0.299 e. The van der Waals surface area contributed by atoms with Crippen LogP contribution in [-0.2, 0) is 5.92 Å². The van der Waals surface area contributed by atoms with Gasteiger partial charge in [0.25, 0.3) is 5.92 Å². The lowest BCUT2D eigenvalue weighted by atomic mass is 9.86. The number of hydrogen-bond acceptors (Lipinski definition) is 5. The van der Waals surface area contributed by atoms with Gasteiger partial charge in [-0.2, -0.15) is 8.78 Å². The molecule has 7 aromatic rings. The van der Waals surface area contributed by atoms with E-state index in [9.17, 15) is 0 Å². The molecule has 262 valence electrons. The first-order valence-corrected chi connectivity index (χ1v) is 18.4. The zero-order chi connectivity index (χ0) is 36.9. The molecule has 3 heterocycles. The second-order valence-corrected chi connectivity index (χ2v) is 14.6. The minimum atomic E-state index is -3.16. The molecule has 0 saturated heterocycles. The summed E-state index contributed by atoms with van der Waals surface area (Å²) >= 11 is 0. The molecular formula is C48H31F2N5. The molecule has 0 amide bonds. The van der Waals surface area contributed by atoms with Gasteiger partial charge in [0.2, 0.25) is 0 Å². The van der Waals surface area contributed by atoms with Gasteiger partial charge < -0.3 is 4.90 Å². The predicted octanol–water partition coefficient (Wildman–Crippen LogP) is 11.2. The fourth-order valence-corrected chi connectivity index (χ4v) is 8.57. The minimum absolute atomic E-state index is 0.00950. The fraction of sp³-hybridized carbons (Fsp3) is 0.0833. The van der Waals surface area contributed by atoms with Crippen LogP contribution in [0.4, 0.5) is 14.5 Å². The lowest BCUT2D eigenvalue weighted by Gasteiger charge is -2.37. The molecule has 0 saturated carbocycles. The molecule has 2 unspecified atom stereocenters. The van der Waals surface area contributed by atoms with Crippen LogP contribution in [0.25, 0.3) is 67.5 Å². The predicted molar refractivity (Wildman–Crippen MR) is 215 cm³/mol. The Hall–Kier alpha value is -6.86. The van der Waals surface area contributed by atoms with Crippen molar-refractivity contribution in [1.82, 2.24) is 15.0 Å². The van der Waals surface area contributed by atoms with Crippen molar-refractivity contribution in [2.75, 3.05) is 4.90 Å². The molecule has 4 aliphatic rings. The first kappa shape index (κ1) is 31.6. The van der Waals surface area contributed by atoms with Crippen LogP contribution < -0.4 is 4.90 Å². The first-order valence-electron chi connectivity index (χ1n) is 18.4. The molecule has 0 bridgehead atoms. The van der Waals surface area contributed by atoms with Crippen LogP contribution in [0.2, 0.25) is 0 Å². The molecule has 2 atom stereocenters. The Morgan fingerprint density at radius 3 is 1.73 bits per heavy atom. The smallest absolute Gasteiger partial charge is 0.299 e. The van der Waals surface area contributed by atoms with E-state index in [1.165, 1.54) is 6.07 Å². The highest BCUT2D eigenvalue weighted by Crippen LogP contribution is 2.53. The Kier molecular flexibility index (Phi) is 6.66. The lowest BCUT2D eigenvalue weighted by Crippen LogP contribution is -2.45. The normalized spacial score (nSPS) is 19.1. The Labute approximate surface area is 316 Å². The summed E-state index contributed by atoms with van der Waals surface area (Å²) in [5.74, 6) is -0.765. The highest BCUT2D eigenvalue weighted by Gasteiger charge is 2.47. The number of benzene rings is 6. The van der Waals surface area contributed by atoms with Crippen molar-refractivity contribution in [3.05, 3.63) is 181 Å². The average Bonchev–Trinajstić information content (AvgIpc) is 3.68. The monoisotopic (exact) mass is 715 g/mol.